The summed E-state index contributed by atoms with van der Waals surface area (Å²) in [6.07, 6.45) is 3.49. The second-order valence-corrected chi connectivity index (χ2v) is 10.3. The molecule has 4 aromatic carbocycles. The Morgan fingerprint density at radius 1 is 0.636 bits per heavy atom. The summed E-state index contributed by atoms with van der Waals surface area (Å²) in [5.41, 5.74) is 2.93. The first kappa shape index (κ1) is 31.7. The number of hydrogen-bond acceptors (Lipinski definition) is 8. The largest absolute Gasteiger partial charge is 0.504 e. The van der Waals surface area contributed by atoms with Crippen molar-refractivity contribution < 1.29 is 40.1 Å². The van der Waals surface area contributed by atoms with Crippen LogP contribution in [0.25, 0.3) is 0 Å². The molecule has 4 aromatic rings. The number of aliphatic hydroxyl groups excluding tert-OH is 2. The number of aromatic hydroxyl groups is 4. The van der Waals surface area contributed by atoms with E-state index in [0.29, 0.717) is 35.5 Å². The van der Waals surface area contributed by atoms with Gasteiger partial charge in [-0.2, -0.15) is 0 Å². The third-order valence-corrected chi connectivity index (χ3v) is 7.05. The van der Waals surface area contributed by atoms with Crippen LogP contribution >= 0.6 is 0 Å². The molecule has 0 radical (unpaired) electrons. The Hall–Kier alpha value is -5.18. The number of phenols is 4. The lowest BCUT2D eigenvalue weighted by molar-refractivity contribution is 0.0183. The molecule has 8 heteroatoms. The summed E-state index contributed by atoms with van der Waals surface area (Å²) >= 11 is 0. The summed E-state index contributed by atoms with van der Waals surface area (Å²) < 4.78 is 11.8. The minimum absolute atomic E-state index is 0.0691. The van der Waals surface area contributed by atoms with Gasteiger partial charge in [-0.05, 0) is 84.0 Å². The van der Waals surface area contributed by atoms with Crippen molar-refractivity contribution in [2.24, 2.45) is 0 Å². The smallest absolute Gasteiger partial charge is 0.201 e. The van der Waals surface area contributed by atoms with E-state index in [2.05, 4.69) is 19.7 Å². The minimum atomic E-state index is -1.56. The quantitative estimate of drug-likeness (QED) is 0.0681. The number of aliphatic hydroxyl groups is 2. The van der Waals surface area contributed by atoms with Crippen molar-refractivity contribution in [3.63, 3.8) is 0 Å². The maximum Gasteiger partial charge on any atom is 0.201 e. The maximum absolute atomic E-state index is 11.2. The molecule has 0 amide bonds. The zero-order valence-corrected chi connectivity index (χ0v) is 24.2. The molecule has 4 rings (SSSR count). The summed E-state index contributed by atoms with van der Waals surface area (Å²) in [4.78, 5) is 0. The summed E-state index contributed by atoms with van der Waals surface area (Å²) in [5, 5.41) is 64.4. The average Bonchev–Trinajstić information content (AvgIpc) is 3.01. The van der Waals surface area contributed by atoms with Crippen LogP contribution in [0.3, 0.4) is 0 Å². The third kappa shape index (κ3) is 7.42. The molecule has 0 saturated heterocycles. The molecule has 2 unspecified atom stereocenters. The van der Waals surface area contributed by atoms with E-state index >= 15 is 0 Å². The van der Waals surface area contributed by atoms with E-state index in [1.54, 1.807) is 42.5 Å². The molecule has 0 aromatic heterocycles. The van der Waals surface area contributed by atoms with Crippen molar-refractivity contribution in [2.75, 3.05) is 0 Å². The van der Waals surface area contributed by atoms with Gasteiger partial charge in [-0.25, -0.2) is 0 Å². The Morgan fingerprint density at radius 2 is 1.16 bits per heavy atom. The third-order valence-electron chi connectivity index (χ3n) is 7.05. The first-order valence-corrected chi connectivity index (χ1v) is 14.0. The van der Waals surface area contributed by atoms with Crippen LogP contribution in [0.4, 0.5) is 0 Å². The number of benzene rings is 4. The second kappa shape index (κ2) is 14.3. The Morgan fingerprint density at radius 3 is 1.70 bits per heavy atom. The highest BCUT2D eigenvalue weighted by molar-refractivity contribution is 5.60. The van der Waals surface area contributed by atoms with Crippen LogP contribution in [0.1, 0.15) is 33.9 Å². The summed E-state index contributed by atoms with van der Waals surface area (Å²) in [5.74, 6) is -1.47. The molecular weight excluding hydrogens is 560 g/mol. The van der Waals surface area contributed by atoms with Crippen molar-refractivity contribution in [1.29, 1.82) is 0 Å². The van der Waals surface area contributed by atoms with Gasteiger partial charge in [0.25, 0.3) is 0 Å². The standard InChI is InChI=1S/C36H36O8/c1-4-7-22-10-14-26(15-11-22)43-32-20-25(19-29(37)34(32)41)33(40)31(39)21-28-24(9-6-3)18-30(38)35(42)36(28)44-27-16-12-23(8-5-2)13-17-27/h4-6,10-20,31,33,37-42H,1-3,7-9,21H2. The van der Waals surface area contributed by atoms with Gasteiger partial charge in [-0.3, -0.25) is 0 Å². The number of phenolic OH excluding ortho intramolecular Hbond substituents is 4. The Labute approximate surface area is 256 Å². The molecule has 0 aliphatic heterocycles. The lowest BCUT2D eigenvalue weighted by Gasteiger charge is -2.23. The molecule has 0 aliphatic carbocycles. The van der Waals surface area contributed by atoms with Crippen LogP contribution in [0.2, 0.25) is 0 Å². The second-order valence-electron chi connectivity index (χ2n) is 10.3. The van der Waals surface area contributed by atoms with Gasteiger partial charge < -0.3 is 40.1 Å². The van der Waals surface area contributed by atoms with E-state index in [1.165, 1.54) is 12.1 Å². The fraction of sp³-hybridized carbons (Fsp3) is 0.167. The van der Waals surface area contributed by atoms with Gasteiger partial charge in [0.05, 0.1) is 6.10 Å². The van der Waals surface area contributed by atoms with E-state index in [4.69, 9.17) is 9.47 Å². The number of ether oxygens (including phenoxy) is 2. The molecule has 228 valence electrons. The minimum Gasteiger partial charge on any atom is -0.504 e. The lowest BCUT2D eigenvalue weighted by Crippen LogP contribution is -2.22. The predicted octanol–water partition coefficient (Wildman–Crippen LogP) is 6.92. The van der Waals surface area contributed by atoms with Crippen molar-refractivity contribution in [2.45, 2.75) is 37.9 Å². The van der Waals surface area contributed by atoms with Crippen LogP contribution in [0.15, 0.2) is 105 Å². The van der Waals surface area contributed by atoms with Gasteiger partial charge in [0.1, 0.15) is 17.6 Å². The highest BCUT2D eigenvalue weighted by Crippen LogP contribution is 2.45. The van der Waals surface area contributed by atoms with Gasteiger partial charge in [-0.15, -0.1) is 19.7 Å². The Balaban J connectivity index is 1.64. The SMILES string of the molecule is C=CCc1ccc(Oc2cc(C(O)C(O)Cc3c(CC=C)cc(O)c(O)c3Oc3ccc(CC=C)cc3)cc(O)c2O)cc1. The highest BCUT2D eigenvalue weighted by atomic mass is 16.5. The number of allylic oxidation sites excluding steroid dienone is 3. The van der Waals surface area contributed by atoms with Crippen LogP contribution in [-0.4, -0.2) is 36.7 Å². The fourth-order valence-electron chi connectivity index (χ4n) is 4.77. The first-order chi connectivity index (χ1) is 21.1. The van der Waals surface area contributed by atoms with Crippen LogP contribution < -0.4 is 9.47 Å². The molecule has 0 fully saturated rings. The molecule has 2 atom stereocenters. The monoisotopic (exact) mass is 596 g/mol. The number of hydrogen-bond donors (Lipinski definition) is 6. The Kier molecular flexibility index (Phi) is 10.3. The fourth-order valence-corrected chi connectivity index (χ4v) is 4.77. The van der Waals surface area contributed by atoms with Gasteiger partial charge in [-0.1, -0.05) is 42.5 Å². The lowest BCUT2D eigenvalue weighted by atomic mass is 9.92. The van der Waals surface area contributed by atoms with Crippen molar-refractivity contribution >= 4 is 0 Å². The van der Waals surface area contributed by atoms with E-state index in [9.17, 15) is 30.6 Å². The molecule has 8 nitrogen and oxygen atoms in total. The van der Waals surface area contributed by atoms with Crippen molar-refractivity contribution in [3.8, 4) is 46.0 Å². The normalized spacial score (nSPS) is 12.2. The van der Waals surface area contributed by atoms with Gasteiger partial charge in [0.2, 0.25) is 11.5 Å². The molecule has 6 N–H and O–H groups in total. The predicted molar refractivity (Wildman–Crippen MR) is 169 cm³/mol. The maximum atomic E-state index is 11.2. The van der Waals surface area contributed by atoms with E-state index in [-0.39, 0.29) is 29.9 Å². The topological polar surface area (TPSA) is 140 Å². The van der Waals surface area contributed by atoms with Crippen LogP contribution in [0.5, 0.6) is 46.0 Å². The van der Waals surface area contributed by atoms with E-state index in [0.717, 1.165) is 17.2 Å². The molecule has 44 heavy (non-hydrogen) atoms. The summed E-state index contributed by atoms with van der Waals surface area (Å²) in [6, 6.07) is 17.9. The highest BCUT2D eigenvalue weighted by Gasteiger charge is 2.27. The molecule has 0 spiro atoms. The molecule has 0 bridgehead atoms. The Bertz CT molecular complexity index is 1620. The van der Waals surface area contributed by atoms with Gasteiger partial charge in [0, 0.05) is 12.0 Å². The van der Waals surface area contributed by atoms with Crippen molar-refractivity contribution in [1.82, 2.24) is 0 Å². The molecule has 0 saturated carbocycles. The zero-order chi connectivity index (χ0) is 31.8. The molecular formula is C36H36O8. The first-order valence-electron chi connectivity index (χ1n) is 14.0. The van der Waals surface area contributed by atoms with E-state index < -0.39 is 35.2 Å². The summed E-state index contributed by atoms with van der Waals surface area (Å²) in [7, 11) is 0. The van der Waals surface area contributed by atoms with Gasteiger partial charge in [0.15, 0.2) is 23.0 Å². The number of rotatable bonds is 14. The van der Waals surface area contributed by atoms with Crippen molar-refractivity contribution in [3.05, 3.63) is 133 Å². The molecule has 0 aliphatic rings. The van der Waals surface area contributed by atoms with Crippen LogP contribution in [-0.2, 0) is 25.7 Å². The molecule has 0 heterocycles. The average molecular weight is 597 g/mol. The zero-order valence-electron chi connectivity index (χ0n) is 24.2. The van der Waals surface area contributed by atoms with Gasteiger partial charge >= 0.3 is 0 Å². The van der Waals surface area contributed by atoms with E-state index in [1.807, 2.05) is 24.3 Å². The van der Waals surface area contributed by atoms with Crippen LogP contribution in [0, 0.1) is 0 Å². The summed E-state index contributed by atoms with van der Waals surface area (Å²) in [6.45, 7) is 11.2.